The molecule has 7 rings (SSSR count). The third kappa shape index (κ3) is 2.80. The fourth-order valence-electron chi connectivity index (χ4n) is 9.31. The van der Waals surface area contributed by atoms with Crippen molar-refractivity contribution in [3.8, 4) is 0 Å². The summed E-state index contributed by atoms with van der Waals surface area (Å²) in [5.41, 5.74) is 3.91. The van der Waals surface area contributed by atoms with Gasteiger partial charge in [-0.1, -0.05) is 19.1 Å². The second kappa shape index (κ2) is 7.35. The maximum absolute atomic E-state index is 11.3. The average Bonchev–Trinajstić information content (AvgIpc) is 3.49. The highest BCUT2D eigenvalue weighted by atomic mass is 35.5. The summed E-state index contributed by atoms with van der Waals surface area (Å²) in [5.74, 6) is 1.11. The van der Waals surface area contributed by atoms with E-state index in [-0.39, 0.29) is 17.4 Å². The standard InChI is InChI=1S/C29H38ClN3O3/c1-16-31-20-7-5-17(13-21(20)32-16)18-6-8-23-26(18,2)9-11-28(30)14-19-24(34)25(35)22(33(3)4)15-27(19)10-12-29(23,28)36-27/h5-7,13,19,22-25,34-35H,8-12,14-15H2,1-4H3,(H,31,32)/t19?,22-,23?,24+,25+,26+,27+,28?,29-/m0/s1. The van der Waals surface area contributed by atoms with Gasteiger partial charge in [-0.05, 0) is 94.6 Å². The van der Waals surface area contributed by atoms with Crippen molar-refractivity contribution in [1.29, 1.82) is 0 Å². The van der Waals surface area contributed by atoms with Gasteiger partial charge in [0.1, 0.15) is 5.82 Å². The monoisotopic (exact) mass is 511 g/mol. The smallest absolute Gasteiger partial charge is 0.104 e. The first-order valence-electron chi connectivity index (χ1n) is 13.6. The number of imidazole rings is 1. The van der Waals surface area contributed by atoms with Crippen molar-refractivity contribution in [2.24, 2.45) is 17.3 Å². The fraction of sp³-hybridized carbons (Fsp3) is 0.690. The van der Waals surface area contributed by atoms with Crippen LogP contribution in [-0.2, 0) is 4.74 Å². The first-order valence-corrected chi connectivity index (χ1v) is 14.0. The van der Waals surface area contributed by atoms with Crippen LogP contribution in [0.25, 0.3) is 16.6 Å². The minimum atomic E-state index is -0.812. The summed E-state index contributed by atoms with van der Waals surface area (Å²) >= 11 is 7.63. The van der Waals surface area contributed by atoms with E-state index in [0.29, 0.717) is 12.3 Å². The molecule has 2 bridgehead atoms. The number of likely N-dealkylation sites (N-methyl/N-ethyl adjacent to an activating group) is 1. The number of aliphatic hydroxyl groups is 2. The number of aromatic amines is 1. The van der Waals surface area contributed by atoms with Crippen LogP contribution in [0.15, 0.2) is 24.3 Å². The molecule has 3 aliphatic carbocycles. The Morgan fingerprint density at radius 2 is 1.92 bits per heavy atom. The maximum Gasteiger partial charge on any atom is 0.104 e. The summed E-state index contributed by atoms with van der Waals surface area (Å²) in [6, 6.07) is 6.48. The number of alkyl halides is 1. The van der Waals surface area contributed by atoms with Crippen LogP contribution < -0.4 is 0 Å². The van der Waals surface area contributed by atoms with E-state index >= 15 is 0 Å². The Labute approximate surface area is 218 Å². The van der Waals surface area contributed by atoms with Crippen LogP contribution in [0.4, 0.5) is 0 Å². The summed E-state index contributed by atoms with van der Waals surface area (Å²) in [5, 5.41) is 22.3. The normalized spacial score (nSPS) is 47.6. The molecule has 2 aliphatic heterocycles. The molecule has 3 heterocycles. The van der Waals surface area contributed by atoms with E-state index < -0.39 is 28.3 Å². The van der Waals surface area contributed by atoms with Crippen LogP contribution in [0.1, 0.15) is 63.3 Å². The van der Waals surface area contributed by atoms with Crippen LogP contribution in [0.3, 0.4) is 0 Å². The topological polar surface area (TPSA) is 81.6 Å². The number of aromatic nitrogens is 2. The number of ether oxygens (including phenoxy) is 1. The van der Waals surface area contributed by atoms with E-state index in [2.05, 4.69) is 41.2 Å². The molecule has 3 N–H and O–H groups in total. The average molecular weight is 512 g/mol. The zero-order valence-corrected chi connectivity index (χ0v) is 22.5. The van der Waals surface area contributed by atoms with Crippen LogP contribution in [0.5, 0.6) is 0 Å². The number of rotatable bonds is 2. The van der Waals surface area contributed by atoms with Gasteiger partial charge in [0.05, 0.1) is 39.3 Å². The van der Waals surface area contributed by atoms with Gasteiger partial charge in [0.2, 0.25) is 0 Å². The number of fused-ring (bicyclic) bond motifs is 2. The van der Waals surface area contributed by atoms with Crippen molar-refractivity contribution < 1.29 is 14.9 Å². The van der Waals surface area contributed by atoms with Crippen LogP contribution in [0.2, 0.25) is 0 Å². The molecule has 7 heteroatoms. The van der Waals surface area contributed by atoms with E-state index in [1.807, 2.05) is 25.9 Å². The predicted octanol–water partition coefficient (Wildman–Crippen LogP) is 4.42. The molecule has 5 aliphatic rings. The second-order valence-corrected chi connectivity index (χ2v) is 13.6. The Kier molecular flexibility index (Phi) is 4.83. The molecule has 2 aromatic rings. The lowest BCUT2D eigenvalue weighted by Gasteiger charge is -2.65. The summed E-state index contributed by atoms with van der Waals surface area (Å²) in [4.78, 5) is 9.52. The van der Waals surface area contributed by atoms with Crippen LogP contribution in [-0.4, -0.2) is 73.5 Å². The minimum absolute atomic E-state index is 0.0206. The lowest BCUT2D eigenvalue weighted by Crippen LogP contribution is -2.72. The number of benzene rings is 1. The Hall–Kier alpha value is -1.44. The van der Waals surface area contributed by atoms with Crippen LogP contribution in [0, 0.1) is 24.2 Å². The van der Waals surface area contributed by atoms with Crippen molar-refractivity contribution in [1.82, 2.24) is 14.9 Å². The Bertz CT molecular complexity index is 1280. The fourth-order valence-corrected chi connectivity index (χ4v) is 9.84. The van der Waals surface area contributed by atoms with Gasteiger partial charge in [0, 0.05) is 17.9 Å². The van der Waals surface area contributed by atoms with Gasteiger partial charge in [0.25, 0.3) is 0 Å². The minimum Gasteiger partial charge on any atom is -0.390 e. The number of aryl methyl sites for hydroxylation is 1. The van der Waals surface area contributed by atoms with Crippen molar-refractivity contribution in [3.05, 3.63) is 35.7 Å². The highest BCUT2D eigenvalue weighted by molar-refractivity contribution is 6.25. The molecule has 6 nitrogen and oxygen atoms in total. The second-order valence-electron chi connectivity index (χ2n) is 12.9. The van der Waals surface area contributed by atoms with Gasteiger partial charge in [-0.25, -0.2) is 4.98 Å². The largest absolute Gasteiger partial charge is 0.390 e. The van der Waals surface area contributed by atoms with Gasteiger partial charge in [-0.15, -0.1) is 11.6 Å². The van der Waals surface area contributed by atoms with E-state index in [4.69, 9.17) is 16.3 Å². The molecule has 1 aromatic carbocycles. The summed E-state index contributed by atoms with van der Waals surface area (Å²) in [7, 11) is 3.97. The zero-order chi connectivity index (χ0) is 25.3. The molecule has 2 spiro atoms. The molecule has 0 radical (unpaired) electrons. The summed E-state index contributed by atoms with van der Waals surface area (Å²) < 4.78 is 7.34. The Morgan fingerprint density at radius 3 is 2.69 bits per heavy atom. The number of nitrogens with one attached hydrogen (secondary N) is 1. The van der Waals surface area contributed by atoms with Crippen LogP contribution >= 0.6 is 11.6 Å². The molecule has 9 atom stereocenters. The van der Waals surface area contributed by atoms with E-state index in [1.54, 1.807) is 0 Å². The van der Waals surface area contributed by atoms with Crippen molar-refractivity contribution in [2.45, 2.75) is 93.1 Å². The van der Waals surface area contributed by atoms with Gasteiger partial charge in [-0.3, -0.25) is 0 Å². The lowest BCUT2D eigenvalue weighted by atomic mass is 9.52. The van der Waals surface area contributed by atoms with E-state index in [0.717, 1.165) is 55.4 Å². The van der Waals surface area contributed by atoms with Gasteiger partial charge < -0.3 is 24.8 Å². The van der Waals surface area contributed by atoms with Crippen molar-refractivity contribution in [3.63, 3.8) is 0 Å². The maximum atomic E-state index is 11.3. The molecule has 194 valence electrons. The molecular weight excluding hydrogens is 474 g/mol. The molecule has 3 unspecified atom stereocenters. The number of halogens is 1. The number of allylic oxidation sites excluding steroid dienone is 2. The summed E-state index contributed by atoms with van der Waals surface area (Å²) in [6.45, 7) is 4.42. The van der Waals surface area contributed by atoms with E-state index in [9.17, 15) is 10.2 Å². The molecule has 4 fully saturated rings. The lowest BCUT2D eigenvalue weighted by molar-refractivity contribution is -0.276. The van der Waals surface area contributed by atoms with Crippen molar-refractivity contribution in [2.75, 3.05) is 14.1 Å². The third-order valence-electron chi connectivity index (χ3n) is 11.1. The number of aliphatic hydroxyl groups excluding tert-OH is 2. The Morgan fingerprint density at radius 1 is 1.11 bits per heavy atom. The quantitative estimate of drug-likeness (QED) is 0.520. The van der Waals surface area contributed by atoms with Gasteiger partial charge in [0.15, 0.2) is 0 Å². The van der Waals surface area contributed by atoms with E-state index in [1.165, 1.54) is 11.1 Å². The first-order chi connectivity index (χ1) is 17.0. The zero-order valence-electron chi connectivity index (χ0n) is 21.7. The van der Waals surface area contributed by atoms with Crippen molar-refractivity contribution >= 4 is 28.2 Å². The molecule has 2 saturated carbocycles. The molecule has 36 heavy (non-hydrogen) atoms. The number of hydrogen-bond acceptors (Lipinski definition) is 5. The summed E-state index contributed by atoms with van der Waals surface area (Å²) in [6.07, 6.45) is 6.96. The third-order valence-corrected chi connectivity index (χ3v) is 11.8. The molecular formula is C29H38ClN3O3. The number of nitrogens with zero attached hydrogens (tertiary/aromatic N) is 2. The highest BCUT2D eigenvalue weighted by Crippen LogP contribution is 2.73. The number of H-pyrrole nitrogens is 1. The highest BCUT2D eigenvalue weighted by Gasteiger charge is 2.76. The number of hydrogen-bond donors (Lipinski definition) is 3. The molecule has 1 aromatic heterocycles. The SMILES string of the molecule is Cc1nc2ccc(C3=CCC4[C@@]56CC[C@]7(C[C@H](N(C)C)[C@@H](O)[C@H](O)C7CC5(Cl)CC[C@]34C)O6)cc2[nH]1. The van der Waals surface area contributed by atoms with Gasteiger partial charge >= 0.3 is 0 Å². The molecule has 2 saturated heterocycles. The van der Waals surface area contributed by atoms with Gasteiger partial charge in [-0.2, -0.15) is 0 Å². The predicted molar refractivity (Wildman–Crippen MR) is 141 cm³/mol. The first kappa shape index (κ1) is 23.7. The molecule has 0 amide bonds. The Balaban J connectivity index is 1.27.